The number of nitrogens with zero attached hydrogens (tertiary/aromatic N) is 2. The van der Waals surface area contributed by atoms with Crippen LogP contribution in [0.15, 0.2) is 63.8 Å². The van der Waals surface area contributed by atoms with Gasteiger partial charge in [-0.25, -0.2) is 4.79 Å². The Morgan fingerprint density at radius 2 is 1.59 bits per heavy atom. The Labute approximate surface area is 126 Å². The third kappa shape index (κ3) is 1.64. The van der Waals surface area contributed by atoms with E-state index in [0.717, 1.165) is 22.4 Å². The van der Waals surface area contributed by atoms with E-state index in [1.165, 1.54) is 0 Å². The van der Waals surface area contributed by atoms with Gasteiger partial charge >= 0.3 is 11.3 Å². The Balaban J connectivity index is 2.29. The molecule has 0 N–H and O–H groups in total. The van der Waals surface area contributed by atoms with Gasteiger partial charge in [-0.15, -0.1) is 0 Å². The second-order valence-electron chi connectivity index (χ2n) is 5.37. The molecule has 0 aliphatic carbocycles. The Bertz CT molecular complexity index is 1060. The normalized spacial score (nSPS) is 11.4. The van der Waals surface area contributed by atoms with Crippen molar-refractivity contribution in [2.75, 3.05) is 0 Å². The molecule has 4 nitrogen and oxygen atoms in total. The Kier molecular flexibility index (Phi) is 2.66. The third-order valence-corrected chi connectivity index (χ3v) is 4.15. The van der Waals surface area contributed by atoms with Gasteiger partial charge in [0, 0.05) is 12.3 Å². The van der Waals surface area contributed by atoms with Gasteiger partial charge in [-0.3, -0.25) is 0 Å². The van der Waals surface area contributed by atoms with Crippen LogP contribution in [-0.4, -0.2) is 4.57 Å². The zero-order valence-corrected chi connectivity index (χ0v) is 12.4. The average Bonchev–Trinajstić information content (AvgIpc) is 2.81. The van der Waals surface area contributed by atoms with E-state index in [4.69, 9.17) is 4.42 Å². The van der Waals surface area contributed by atoms with E-state index in [0.29, 0.717) is 11.1 Å². The van der Waals surface area contributed by atoms with Gasteiger partial charge in [0.25, 0.3) is 5.82 Å². The van der Waals surface area contributed by atoms with Crippen molar-refractivity contribution in [1.82, 2.24) is 4.57 Å². The van der Waals surface area contributed by atoms with Gasteiger partial charge in [-0.2, -0.15) is 9.13 Å². The number of aryl methyl sites for hydroxylation is 1. The van der Waals surface area contributed by atoms with Crippen molar-refractivity contribution < 1.29 is 8.98 Å². The van der Waals surface area contributed by atoms with Crippen LogP contribution in [0.25, 0.3) is 27.7 Å². The first kappa shape index (κ1) is 12.8. The van der Waals surface area contributed by atoms with Crippen LogP contribution in [-0.2, 0) is 7.05 Å². The molecule has 0 fully saturated rings. The number of hydrogen-bond donors (Lipinski definition) is 0. The third-order valence-electron chi connectivity index (χ3n) is 4.15. The van der Waals surface area contributed by atoms with Gasteiger partial charge in [0.15, 0.2) is 0 Å². The summed E-state index contributed by atoms with van der Waals surface area (Å²) in [5.74, 6) is 1.00. The summed E-state index contributed by atoms with van der Waals surface area (Å²) in [5.41, 5.74) is 2.25. The summed E-state index contributed by atoms with van der Waals surface area (Å²) in [5, 5.41) is 1.51. The van der Waals surface area contributed by atoms with E-state index >= 15 is 0 Å². The number of fused-ring (bicyclic) bond motifs is 3. The van der Waals surface area contributed by atoms with Gasteiger partial charge in [0.05, 0.1) is 12.4 Å². The first-order valence-corrected chi connectivity index (χ1v) is 7.17. The van der Waals surface area contributed by atoms with Crippen LogP contribution in [0.4, 0.5) is 0 Å². The lowest BCUT2D eigenvalue weighted by atomic mass is 10.1. The van der Waals surface area contributed by atoms with E-state index in [1.807, 2.05) is 67.1 Å². The van der Waals surface area contributed by atoms with E-state index in [2.05, 4.69) is 4.57 Å². The summed E-state index contributed by atoms with van der Waals surface area (Å²) in [6, 6.07) is 17.7. The first-order chi connectivity index (χ1) is 10.7. The van der Waals surface area contributed by atoms with E-state index < -0.39 is 0 Å². The van der Waals surface area contributed by atoms with E-state index in [1.54, 1.807) is 6.07 Å². The number of benzene rings is 2. The van der Waals surface area contributed by atoms with Crippen molar-refractivity contribution in [3.05, 3.63) is 70.8 Å². The van der Waals surface area contributed by atoms with Crippen molar-refractivity contribution in [3.8, 4) is 5.69 Å². The van der Waals surface area contributed by atoms with Crippen molar-refractivity contribution in [1.29, 1.82) is 0 Å². The fourth-order valence-corrected chi connectivity index (χ4v) is 2.97. The lowest BCUT2D eigenvalue weighted by Gasteiger charge is -2.00. The highest BCUT2D eigenvalue weighted by atomic mass is 16.4. The molecule has 0 unspecified atom stereocenters. The summed E-state index contributed by atoms with van der Waals surface area (Å²) >= 11 is 0. The van der Waals surface area contributed by atoms with Gasteiger partial charge in [-0.1, -0.05) is 30.3 Å². The number of hydrogen-bond acceptors (Lipinski definition) is 2. The molecule has 0 saturated heterocycles. The molecule has 0 amide bonds. The van der Waals surface area contributed by atoms with Crippen LogP contribution in [0.2, 0.25) is 0 Å². The molecule has 0 saturated carbocycles. The van der Waals surface area contributed by atoms with Crippen molar-refractivity contribution in [3.63, 3.8) is 0 Å². The minimum Gasteiger partial charge on any atom is -0.383 e. The lowest BCUT2D eigenvalue weighted by Crippen LogP contribution is -2.31. The van der Waals surface area contributed by atoms with Crippen LogP contribution in [0.5, 0.6) is 0 Å². The maximum absolute atomic E-state index is 12.2. The van der Waals surface area contributed by atoms with E-state index in [9.17, 15) is 4.79 Å². The largest absolute Gasteiger partial charge is 0.383 e. The molecule has 4 rings (SSSR count). The highest BCUT2D eigenvalue weighted by Gasteiger charge is 2.26. The van der Waals surface area contributed by atoms with Crippen molar-refractivity contribution in [2.24, 2.45) is 7.05 Å². The van der Waals surface area contributed by atoms with Crippen LogP contribution >= 0.6 is 0 Å². The van der Waals surface area contributed by atoms with Crippen LogP contribution in [0.1, 0.15) is 5.82 Å². The molecule has 2 aromatic heterocycles. The second-order valence-corrected chi connectivity index (χ2v) is 5.37. The monoisotopic (exact) mass is 291 g/mol. The minimum absolute atomic E-state index is 0.302. The highest BCUT2D eigenvalue weighted by Crippen LogP contribution is 2.25. The number of para-hydroxylation sites is 1. The summed E-state index contributed by atoms with van der Waals surface area (Å²) in [4.78, 5) is 12.2. The molecule has 108 valence electrons. The number of aromatic nitrogens is 2. The quantitative estimate of drug-likeness (QED) is 0.506. The molecule has 22 heavy (non-hydrogen) atoms. The lowest BCUT2D eigenvalue weighted by molar-refractivity contribution is -0.658. The topological polar surface area (TPSA) is 39.0 Å². The smallest absolute Gasteiger partial charge is 0.347 e. The summed E-state index contributed by atoms with van der Waals surface area (Å²) in [6.45, 7) is 2.02. The number of rotatable bonds is 1. The molecule has 0 radical (unpaired) electrons. The molecule has 4 aromatic rings. The fourth-order valence-electron chi connectivity index (χ4n) is 2.97. The molecule has 0 aliphatic heterocycles. The van der Waals surface area contributed by atoms with Crippen molar-refractivity contribution >= 4 is 22.0 Å². The maximum Gasteiger partial charge on any atom is 0.347 e. The second kappa shape index (κ2) is 4.56. The fraction of sp³-hybridized carbons (Fsp3) is 0.111. The summed E-state index contributed by atoms with van der Waals surface area (Å²) < 4.78 is 9.61. The Morgan fingerprint density at radius 1 is 0.955 bits per heavy atom. The minimum atomic E-state index is -0.302. The standard InChI is InChI=1S/C18H15N2O2/c1-12-19(2)17-16(20(12)13-8-4-3-5-9-13)14-10-6-7-11-15(14)18(21)22-17/h3-11H,1-2H3/q+1. The molecular weight excluding hydrogens is 276 g/mol. The predicted molar refractivity (Wildman–Crippen MR) is 85.2 cm³/mol. The zero-order chi connectivity index (χ0) is 15.3. The Morgan fingerprint density at radius 3 is 2.32 bits per heavy atom. The maximum atomic E-state index is 12.2. The van der Waals surface area contributed by atoms with Crippen molar-refractivity contribution in [2.45, 2.75) is 6.92 Å². The van der Waals surface area contributed by atoms with E-state index in [-0.39, 0.29) is 5.63 Å². The SMILES string of the molecule is Cc1n(-c2ccccc2)c2c3ccccc3c(=O)oc2[n+]1C. The van der Waals surface area contributed by atoms with Gasteiger partial charge in [-0.05, 0) is 24.3 Å². The Hall–Kier alpha value is -2.88. The van der Waals surface area contributed by atoms with Gasteiger partial charge < -0.3 is 4.42 Å². The summed E-state index contributed by atoms with van der Waals surface area (Å²) in [6.07, 6.45) is 0. The molecule has 0 bridgehead atoms. The molecule has 4 heteroatoms. The molecule has 0 spiro atoms. The van der Waals surface area contributed by atoms with Crippen LogP contribution in [0, 0.1) is 6.92 Å². The van der Waals surface area contributed by atoms with Crippen LogP contribution < -0.4 is 10.2 Å². The highest BCUT2D eigenvalue weighted by molar-refractivity contribution is 6.01. The van der Waals surface area contributed by atoms with Gasteiger partial charge in [0.2, 0.25) is 5.52 Å². The molecule has 2 aromatic carbocycles. The molecule has 0 atom stereocenters. The van der Waals surface area contributed by atoms with Gasteiger partial charge in [0.1, 0.15) is 5.69 Å². The predicted octanol–water partition coefficient (Wildman–Crippen LogP) is 2.87. The number of imidazole rings is 1. The average molecular weight is 291 g/mol. The molecule has 0 aliphatic rings. The first-order valence-electron chi connectivity index (χ1n) is 7.17. The molecular formula is C18H15N2O2+. The molecule has 2 heterocycles. The summed E-state index contributed by atoms with van der Waals surface area (Å²) in [7, 11) is 1.91. The van der Waals surface area contributed by atoms with Crippen LogP contribution in [0.3, 0.4) is 0 Å². The zero-order valence-electron chi connectivity index (χ0n) is 12.4.